The minimum Gasteiger partial charge on any atom is -0.465 e. The van der Waals surface area contributed by atoms with E-state index in [1.807, 2.05) is 6.92 Å². The molecular formula is C20H16N2O6S2. The molecule has 3 heterocycles. The first kappa shape index (κ1) is 20.3. The fraction of sp³-hybridized carbons (Fsp3) is 0.200. The molecule has 0 bridgehead atoms. The lowest BCUT2D eigenvalue weighted by Gasteiger charge is -2.37. The third kappa shape index (κ3) is 3.75. The largest absolute Gasteiger partial charge is 0.465 e. The molecule has 10 heteroatoms. The fourth-order valence-electron chi connectivity index (χ4n) is 3.02. The molecule has 0 radical (unpaired) electrons. The molecule has 1 fully saturated rings. The highest BCUT2D eigenvalue weighted by Crippen LogP contribution is 2.53. The van der Waals surface area contributed by atoms with E-state index in [1.165, 1.54) is 59.0 Å². The van der Waals surface area contributed by atoms with Crippen LogP contribution in [0.4, 0.5) is 5.69 Å². The molecule has 1 saturated heterocycles. The molecule has 0 aliphatic carbocycles. The first-order valence-corrected chi connectivity index (χ1v) is 10.9. The number of nitro groups is 1. The quantitative estimate of drug-likeness (QED) is 0.206. The molecule has 154 valence electrons. The third-order valence-corrected chi connectivity index (χ3v) is 6.93. The van der Waals surface area contributed by atoms with E-state index in [1.54, 1.807) is 18.2 Å². The smallest absolute Gasteiger partial charge is 0.357 e. The van der Waals surface area contributed by atoms with Crippen LogP contribution in [0.5, 0.6) is 0 Å². The Morgan fingerprint density at radius 3 is 2.77 bits per heavy atom. The predicted molar refractivity (Wildman–Crippen MR) is 113 cm³/mol. The molecule has 0 N–H and O–H groups in total. The van der Waals surface area contributed by atoms with Crippen molar-refractivity contribution in [3.8, 4) is 0 Å². The topological polar surface area (TPSA) is 103 Å². The van der Waals surface area contributed by atoms with Crippen LogP contribution in [0.2, 0.25) is 0 Å². The van der Waals surface area contributed by atoms with Crippen LogP contribution in [-0.4, -0.2) is 32.8 Å². The number of amides is 1. The lowest BCUT2D eigenvalue weighted by molar-refractivity contribution is -0.384. The average molecular weight is 444 g/mol. The van der Waals surface area contributed by atoms with Crippen molar-refractivity contribution < 1.29 is 23.7 Å². The van der Waals surface area contributed by atoms with Crippen molar-refractivity contribution in [1.29, 1.82) is 0 Å². The number of nitro benzene ring substituents is 1. The number of benzene rings is 1. The molecule has 1 atom stereocenters. The number of carbonyl (C=O) groups excluding carboxylic acids is 2. The molecule has 1 aromatic heterocycles. The van der Waals surface area contributed by atoms with E-state index in [4.69, 9.17) is 9.15 Å². The van der Waals surface area contributed by atoms with E-state index in [0.717, 1.165) is 9.99 Å². The monoisotopic (exact) mass is 444 g/mol. The SMILES string of the molecule is CCSC1=C(C(=O)OCc2ccc([N+](=O)[O-])cc2)N2C(=O)C(=Cc3ccco3)[C@H]2S1. The highest BCUT2D eigenvalue weighted by Gasteiger charge is 2.53. The van der Waals surface area contributed by atoms with Gasteiger partial charge in [0.1, 0.15) is 17.7 Å². The van der Waals surface area contributed by atoms with Gasteiger partial charge in [0, 0.05) is 12.1 Å². The summed E-state index contributed by atoms with van der Waals surface area (Å²) in [5.41, 5.74) is 1.41. The number of β-lactam (4-membered cyclic amide) rings is 1. The maximum absolute atomic E-state index is 12.8. The van der Waals surface area contributed by atoms with Crippen LogP contribution in [0.1, 0.15) is 18.2 Å². The summed E-state index contributed by atoms with van der Waals surface area (Å²) in [5.74, 6) is 0.480. The van der Waals surface area contributed by atoms with Crippen molar-refractivity contribution in [3.63, 3.8) is 0 Å². The second kappa shape index (κ2) is 8.41. The van der Waals surface area contributed by atoms with E-state index in [2.05, 4.69) is 0 Å². The molecule has 2 aliphatic rings. The number of fused-ring (bicyclic) bond motifs is 1. The first-order valence-electron chi connectivity index (χ1n) is 9.02. The third-order valence-electron chi connectivity index (χ3n) is 4.45. The second-order valence-electron chi connectivity index (χ2n) is 6.33. The second-order valence-corrected chi connectivity index (χ2v) is 8.95. The van der Waals surface area contributed by atoms with E-state index in [9.17, 15) is 19.7 Å². The van der Waals surface area contributed by atoms with E-state index >= 15 is 0 Å². The molecule has 8 nitrogen and oxygen atoms in total. The fourth-order valence-corrected chi connectivity index (χ4v) is 5.60. The lowest BCUT2D eigenvalue weighted by Crippen LogP contribution is -2.51. The lowest BCUT2D eigenvalue weighted by atomic mass is 10.0. The van der Waals surface area contributed by atoms with Crippen molar-refractivity contribution >= 4 is 47.2 Å². The van der Waals surface area contributed by atoms with Crippen LogP contribution < -0.4 is 0 Å². The van der Waals surface area contributed by atoms with Gasteiger partial charge in [0.2, 0.25) is 0 Å². The number of esters is 1. The van der Waals surface area contributed by atoms with Crippen LogP contribution in [0, 0.1) is 10.1 Å². The van der Waals surface area contributed by atoms with Gasteiger partial charge in [0.05, 0.1) is 21.0 Å². The van der Waals surface area contributed by atoms with Crippen molar-refractivity contribution in [3.05, 3.63) is 79.6 Å². The molecule has 0 saturated carbocycles. The Hall–Kier alpha value is -2.98. The average Bonchev–Trinajstić information content (AvgIpc) is 3.37. The minimum absolute atomic E-state index is 0.0356. The summed E-state index contributed by atoms with van der Waals surface area (Å²) in [5, 5.41) is 10.5. The van der Waals surface area contributed by atoms with Gasteiger partial charge in [-0.3, -0.25) is 19.8 Å². The number of thioether (sulfide) groups is 2. The van der Waals surface area contributed by atoms with Crippen LogP contribution >= 0.6 is 23.5 Å². The molecule has 1 amide bonds. The predicted octanol–water partition coefficient (Wildman–Crippen LogP) is 4.15. The highest BCUT2D eigenvalue weighted by molar-refractivity contribution is 8.22. The van der Waals surface area contributed by atoms with Gasteiger partial charge in [-0.25, -0.2) is 4.79 Å². The summed E-state index contributed by atoms with van der Waals surface area (Å²) >= 11 is 2.93. The minimum atomic E-state index is -0.593. The molecule has 30 heavy (non-hydrogen) atoms. The number of carbonyl (C=O) groups is 2. The Bertz CT molecular complexity index is 1060. The van der Waals surface area contributed by atoms with Crippen molar-refractivity contribution in [2.24, 2.45) is 0 Å². The van der Waals surface area contributed by atoms with Gasteiger partial charge in [0.15, 0.2) is 5.70 Å². The standard InChI is InChI=1S/C20H16N2O6S2/c1-2-29-20-16(19(24)28-11-12-5-7-13(8-6-12)22(25)26)21-17(23)15(18(21)30-20)10-14-4-3-9-27-14/h3-10,18H,2,11H2,1H3/t18-/m1/s1. The Morgan fingerprint density at radius 2 is 2.13 bits per heavy atom. The Labute approximate surface area is 180 Å². The van der Waals surface area contributed by atoms with Crippen LogP contribution in [0.3, 0.4) is 0 Å². The zero-order valence-corrected chi connectivity index (χ0v) is 17.4. The number of rotatable bonds is 7. The number of ether oxygens (including phenoxy) is 1. The maximum Gasteiger partial charge on any atom is 0.357 e. The van der Waals surface area contributed by atoms with E-state index in [-0.39, 0.29) is 29.3 Å². The van der Waals surface area contributed by atoms with Crippen molar-refractivity contribution in [1.82, 2.24) is 4.90 Å². The highest BCUT2D eigenvalue weighted by atomic mass is 32.2. The Balaban J connectivity index is 1.48. The van der Waals surface area contributed by atoms with Crippen molar-refractivity contribution in [2.45, 2.75) is 18.9 Å². The van der Waals surface area contributed by atoms with Gasteiger partial charge in [-0.05, 0) is 41.7 Å². The maximum atomic E-state index is 12.8. The number of furan rings is 1. The summed E-state index contributed by atoms with van der Waals surface area (Å²) in [6.07, 6.45) is 3.22. The van der Waals surface area contributed by atoms with Crippen molar-refractivity contribution in [2.75, 3.05) is 5.75 Å². The molecule has 1 aromatic carbocycles. The normalized spacial score (nSPS) is 19.1. The molecule has 2 aliphatic heterocycles. The molecule has 0 spiro atoms. The number of hydrogen-bond acceptors (Lipinski definition) is 8. The van der Waals surface area contributed by atoms with E-state index < -0.39 is 10.9 Å². The number of nitrogens with zero attached hydrogens (tertiary/aromatic N) is 2. The van der Waals surface area contributed by atoms with Crippen LogP contribution in [-0.2, 0) is 20.9 Å². The van der Waals surface area contributed by atoms with Gasteiger partial charge in [0.25, 0.3) is 11.6 Å². The summed E-state index contributed by atoms with van der Waals surface area (Å²) in [6.45, 7) is 1.92. The van der Waals surface area contributed by atoms with Gasteiger partial charge in [-0.15, -0.1) is 11.8 Å². The summed E-state index contributed by atoms with van der Waals surface area (Å²) in [6, 6.07) is 9.28. The van der Waals surface area contributed by atoms with Crippen LogP contribution in [0.25, 0.3) is 6.08 Å². The molecule has 2 aromatic rings. The Kier molecular flexibility index (Phi) is 5.69. The Morgan fingerprint density at radius 1 is 1.37 bits per heavy atom. The number of hydrogen-bond donors (Lipinski definition) is 0. The zero-order chi connectivity index (χ0) is 21.3. The van der Waals surface area contributed by atoms with Gasteiger partial charge in [-0.1, -0.05) is 18.7 Å². The molecular weight excluding hydrogens is 428 g/mol. The summed E-state index contributed by atoms with van der Waals surface area (Å²) in [7, 11) is 0. The van der Waals surface area contributed by atoms with Gasteiger partial charge < -0.3 is 9.15 Å². The summed E-state index contributed by atoms with van der Waals surface area (Å²) in [4.78, 5) is 37.2. The molecule has 0 unspecified atom stereocenters. The van der Waals surface area contributed by atoms with E-state index in [0.29, 0.717) is 16.9 Å². The van der Waals surface area contributed by atoms with Crippen LogP contribution in [0.15, 0.2) is 62.6 Å². The summed E-state index contributed by atoms with van der Waals surface area (Å²) < 4.78 is 11.4. The molecule has 4 rings (SSSR count). The van der Waals surface area contributed by atoms with Gasteiger partial charge in [-0.2, -0.15) is 0 Å². The number of non-ortho nitro benzene ring substituents is 1. The zero-order valence-electron chi connectivity index (χ0n) is 15.8. The first-order chi connectivity index (χ1) is 14.5. The van der Waals surface area contributed by atoms with Gasteiger partial charge >= 0.3 is 5.97 Å².